The van der Waals surface area contributed by atoms with Crippen LogP contribution in [0.3, 0.4) is 0 Å². The summed E-state index contributed by atoms with van der Waals surface area (Å²) >= 11 is 0. The number of fused-ring (bicyclic) bond motifs is 5. The first-order valence-corrected chi connectivity index (χ1v) is 14.2. The zero-order chi connectivity index (χ0) is 28.2. The summed E-state index contributed by atoms with van der Waals surface area (Å²) in [4.78, 5) is 19.9. The first-order valence-electron chi connectivity index (χ1n) is 14.2. The van der Waals surface area contributed by atoms with E-state index in [2.05, 4.69) is 104 Å². The Hall–Kier alpha value is -5.54. The van der Waals surface area contributed by atoms with E-state index in [-0.39, 0.29) is 5.91 Å². The topological polar surface area (TPSA) is 34.9 Å². The van der Waals surface area contributed by atoms with Gasteiger partial charge < -0.3 is 0 Å². The minimum Gasteiger partial charge on any atom is -0.268 e. The number of hydrogen-bond acceptors (Lipinski definition) is 2. The molecule has 0 saturated carbocycles. The number of nitrogens with zero attached hydrogens (tertiary/aromatic N) is 2. The van der Waals surface area contributed by atoms with E-state index in [1.165, 1.54) is 0 Å². The molecule has 0 fully saturated rings. The summed E-state index contributed by atoms with van der Waals surface area (Å²) < 4.78 is 1.82. The molecule has 6 aromatic carbocycles. The summed E-state index contributed by atoms with van der Waals surface area (Å²) in [5.41, 5.74) is 12.7. The minimum absolute atomic E-state index is 0.0424. The second kappa shape index (κ2) is 9.53. The van der Waals surface area contributed by atoms with E-state index in [1.807, 2.05) is 47.0 Å². The summed E-state index contributed by atoms with van der Waals surface area (Å²) in [5.74, 6) is 0.655. The fourth-order valence-electron chi connectivity index (χ4n) is 6.44. The van der Waals surface area contributed by atoms with Gasteiger partial charge in [-0.3, -0.25) is 9.36 Å². The third-order valence-corrected chi connectivity index (χ3v) is 8.20. The van der Waals surface area contributed by atoms with Crippen molar-refractivity contribution in [2.75, 3.05) is 0 Å². The Bertz CT molecular complexity index is 2130. The zero-order valence-electron chi connectivity index (χ0n) is 23.1. The average Bonchev–Trinajstić information content (AvgIpc) is 3.55. The molecule has 0 bridgehead atoms. The highest BCUT2D eigenvalue weighted by atomic mass is 16.2. The fraction of sp³-hybridized carbons (Fsp3) is 0.0256. The lowest BCUT2D eigenvalue weighted by molar-refractivity contribution is 0.0974. The van der Waals surface area contributed by atoms with Gasteiger partial charge in [-0.25, -0.2) is 4.98 Å². The first kappa shape index (κ1) is 24.3. The summed E-state index contributed by atoms with van der Waals surface area (Å²) in [7, 11) is 0. The van der Waals surface area contributed by atoms with Gasteiger partial charge in [0.05, 0.1) is 16.6 Å². The summed E-state index contributed by atoms with van der Waals surface area (Å²) in [6, 6.07) is 47.9. The Balaban J connectivity index is 1.65. The Morgan fingerprint density at radius 2 is 0.881 bits per heavy atom. The van der Waals surface area contributed by atoms with Crippen LogP contribution in [0.2, 0.25) is 0 Å². The smallest absolute Gasteiger partial charge is 0.265 e. The molecule has 7 aromatic rings. The quantitative estimate of drug-likeness (QED) is 0.224. The van der Waals surface area contributed by atoms with Crippen LogP contribution in [0.5, 0.6) is 0 Å². The molecule has 0 aliphatic carbocycles. The van der Waals surface area contributed by atoms with Gasteiger partial charge in [-0.15, -0.1) is 0 Å². The zero-order valence-corrected chi connectivity index (χ0v) is 23.1. The lowest BCUT2D eigenvalue weighted by Crippen LogP contribution is -2.09. The molecule has 8 rings (SSSR count). The highest BCUT2D eigenvalue weighted by molar-refractivity contribution is 6.24. The number of hydrogen-bond donors (Lipinski definition) is 0. The monoisotopic (exact) mass is 538 g/mol. The number of benzene rings is 6. The van der Waals surface area contributed by atoms with Crippen molar-refractivity contribution in [3.8, 4) is 55.9 Å². The number of rotatable bonds is 4. The van der Waals surface area contributed by atoms with Crippen molar-refractivity contribution in [1.82, 2.24) is 9.55 Å². The number of aryl methyl sites for hydroxylation is 1. The molecular weight excluding hydrogens is 512 g/mol. The molecule has 0 atom stereocenters. The Morgan fingerprint density at radius 3 is 1.33 bits per heavy atom. The van der Waals surface area contributed by atoms with Crippen LogP contribution in [0.4, 0.5) is 0 Å². The van der Waals surface area contributed by atoms with E-state index in [0.717, 1.165) is 66.7 Å². The van der Waals surface area contributed by atoms with Gasteiger partial charge >= 0.3 is 0 Å². The fourth-order valence-corrected chi connectivity index (χ4v) is 6.44. The maximum Gasteiger partial charge on any atom is 0.265 e. The van der Waals surface area contributed by atoms with Gasteiger partial charge in [-0.1, -0.05) is 127 Å². The lowest BCUT2D eigenvalue weighted by Gasteiger charge is -2.24. The molecule has 1 aromatic heterocycles. The molecule has 3 heteroatoms. The van der Waals surface area contributed by atoms with Crippen LogP contribution in [0.15, 0.2) is 140 Å². The van der Waals surface area contributed by atoms with Crippen LogP contribution < -0.4 is 0 Å². The van der Waals surface area contributed by atoms with Crippen LogP contribution in [-0.2, 0) is 0 Å². The molecule has 0 unspecified atom stereocenters. The van der Waals surface area contributed by atoms with Gasteiger partial charge in [-0.05, 0) is 58.0 Å². The minimum atomic E-state index is -0.0424. The van der Waals surface area contributed by atoms with Crippen molar-refractivity contribution in [3.63, 3.8) is 0 Å². The second-order valence-electron chi connectivity index (χ2n) is 10.8. The van der Waals surface area contributed by atoms with Crippen LogP contribution >= 0.6 is 0 Å². The van der Waals surface area contributed by atoms with Crippen molar-refractivity contribution in [2.24, 2.45) is 0 Å². The van der Waals surface area contributed by atoms with Crippen LogP contribution in [0, 0.1) is 6.92 Å². The van der Waals surface area contributed by atoms with Crippen LogP contribution in [0.1, 0.15) is 15.9 Å². The van der Waals surface area contributed by atoms with E-state index < -0.39 is 0 Å². The van der Waals surface area contributed by atoms with Gasteiger partial charge in [0, 0.05) is 16.7 Å². The molecule has 0 spiro atoms. The third-order valence-electron chi connectivity index (χ3n) is 8.20. The Morgan fingerprint density at radius 1 is 0.476 bits per heavy atom. The average molecular weight is 539 g/mol. The number of aromatic nitrogens is 2. The van der Waals surface area contributed by atoms with E-state index >= 15 is 0 Å². The standard InChI is InChI=1S/C39H26N2O/c1-25-22-23-31-30(24-25)40-38-36-34(28-18-10-4-11-19-28)32(26-14-6-2-7-15-26)33(27-16-8-3-9-17-27)35(29-20-12-5-13-21-29)37(36)39(42)41(31)38/h2-24H,1H3. The Labute approximate surface area is 244 Å². The van der Waals surface area contributed by atoms with E-state index in [9.17, 15) is 4.79 Å². The molecule has 0 amide bonds. The third kappa shape index (κ3) is 3.60. The summed E-state index contributed by atoms with van der Waals surface area (Å²) in [5, 5.41) is 0. The molecule has 0 radical (unpaired) electrons. The van der Waals surface area contributed by atoms with Crippen molar-refractivity contribution in [3.05, 3.63) is 151 Å². The van der Waals surface area contributed by atoms with Gasteiger partial charge in [0.25, 0.3) is 5.91 Å². The van der Waals surface area contributed by atoms with E-state index in [1.54, 1.807) is 0 Å². The van der Waals surface area contributed by atoms with E-state index in [0.29, 0.717) is 11.4 Å². The number of carbonyl (C=O) groups excluding carboxylic acids is 1. The number of carbonyl (C=O) groups is 1. The largest absolute Gasteiger partial charge is 0.268 e. The molecule has 3 nitrogen and oxygen atoms in total. The van der Waals surface area contributed by atoms with Gasteiger partial charge in [0.1, 0.15) is 5.82 Å². The highest BCUT2D eigenvalue weighted by Crippen LogP contribution is 2.55. The number of imidazole rings is 1. The van der Waals surface area contributed by atoms with Crippen molar-refractivity contribution < 1.29 is 4.79 Å². The second-order valence-corrected chi connectivity index (χ2v) is 10.8. The molecule has 2 heterocycles. The van der Waals surface area contributed by atoms with Gasteiger partial charge in [-0.2, -0.15) is 0 Å². The first-order chi connectivity index (χ1) is 20.7. The van der Waals surface area contributed by atoms with Crippen molar-refractivity contribution >= 4 is 16.9 Å². The normalized spacial score (nSPS) is 12.0. The van der Waals surface area contributed by atoms with Crippen LogP contribution in [-0.4, -0.2) is 15.5 Å². The summed E-state index contributed by atoms with van der Waals surface area (Å²) in [6.45, 7) is 2.06. The van der Waals surface area contributed by atoms with E-state index in [4.69, 9.17) is 4.98 Å². The van der Waals surface area contributed by atoms with Crippen molar-refractivity contribution in [2.45, 2.75) is 6.92 Å². The molecule has 1 aliphatic heterocycles. The molecular formula is C39H26N2O. The molecule has 0 N–H and O–H groups in total. The lowest BCUT2D eigenvalue weighted by atomic mass is 9.77. The van der Waals surface area contributed by atoms with Gasteiger partial charge in [0.15, 0.2) is 0 Å². The molecule has 42 heavy (non-hydrogen) atoms. The van der Waals surface area contributed by atoms with Crippen LogP contribution in [0.25, 0.3) is 66.9 Å². The summed E-state index contributed by atoms with van der Waals surface area (Å²) in [6.07, 6.45) is 0. The highest BCUT2D eigenvalue weighted by Gasteiger charge is 2.39. The SMILES string of the molecule is Cc1ccc2c(c1)nc1n2C(=O)c2c(-c3ccccc3)c(-c3ccccc3)c(-c3ccccc3)c(-c3ccccc3)c2-1. The predicted octanol–water partition coefficient (Wildman–Crippen LogP) is 9.68. The Kier molecular flexibility index (Phi) is 5.51. The molecule has 198 valence electrons. The van der Waals surface area contributed by atoms with Gasteiger partial charge in [0.2, 0.25) is 0 Å². The van der Waals surface area contributed by atoms with Crippen molar-refractivity contribution in [1.29, 1.82) is 0 Å². The molecule has 1 aliphatic rings. The predicted molar refractivity (Wildman–Crippen MR) is 171 cm³/mol. The molecule has 0 saturated heterocycles. The maximum atomic E-state index is 14.8. The maximum absolute atomic E-state index is 14.8.